The summed E-state index contributed by atoms with van der Waals surface area (Å²) in [5, 5.41) is 6.53. The van der Waals surface area contributed by atoms with Crippen molar-refractivity contribution >= 4 is 27.5 Å². The van der Waals surface area contributed by atoms with Gasteiger partial charge in [0.1, 0.15) is 11.6 Å². The van der Waals surface area contributed by atoms with E-state index in [4.69, 9.17) is 4.52 Å². The molecule has 4 nitrogen and oxygen atoms in total. The number of aromatic nitrogens is 1. The number of benzene rings is 2. The van der Waals surface area contributed by atoms with Crippen LogP contribution in [0.2, 0.25) is 0 Å². The molecule has 0 saturated carbocycles. The van der Waals surface area contributed by atoms with Crippen LogP contribution in [0.1, 0.15) is 11.3 Å². The fourth-order valence-electron chi connectivity index (χ4n) is 2.30. The van der Waals surface area contributed by atoms with Gasteiger partial charge in [-0.15, -0.1) is 0 Å². The van der Waals surface area contributed by atoms with Crippen LogP contribution in [0.5, 0.6) is 0 Å². The van der Waals surface area contributed by atoms with Gasteiger partial charge in [-0.05, 0) is 42.8 Å². The maximum atomic E-state index is 13.8. The Balaban J connectivity index is 1.70. The third-order valence-electron chi connectivity index (χ3n) is 3.54. The Hall–Kier alpha value is -2.54. The van der Waals surface area contributed by atoms with E-state index in [1.54, 1.807) is 6.07 Å². The molecule has 3 aromatic rings. The van der Waals surface area contributed by atoms with Crippen LogP contribution in [-0.4, -0.2) is 11.1 Å². The highest BCUT2D eigenvalue weighted by molar-refractivity contribution is 9.10. The Bertz CT molecular complexity index is 941. The number of carbonyl (C=O) groups excluding carboxylic acids is 1. The molecule has 2 aromatic carbocycles. The summed E-state index contributed by atoms with van der Waals surface area (Å²) >= 11 is 3.40. The topological polar surface area (TPSA) is 55.1 Å². The number of rotatable bonds is 4. The van der Waals surface area contributed by atoms with Gasteiger partial charge in [0.2, 0.25) is 5.91 Å². The second-order valence-electron chi connectivity index (χ2n) is 5.50. The van der Waals surface area contributed by atoms with E-state index < -0.39 is 11.6 Å². The van der Waals surface area contributed by atoms with E-state index in [1.165, 1.54) is 12.1 Å². The number of anilines is 1. The van der Waals surface area contributed by atoms with Crippen molar-refractivity contribution < 1.29 is 18.1 Å². The molecule has 0 aliphatic rings. The molecular formula is C18H13BrF2N2O2. The molecule has 1 heterocycles. The first kappa shape index (κ1) is 17.3. The van der Waals surface area contributed by atoms with Gasteiger partial charge in [-0.1, -0.05) is 21.1 Å². The number of aryl methyl sites for hydroxylation is 1. The predicted molar refractivity (Wildman–Crippen MR) is 93.1 cm³/mol. The van der Waals surface area contributed by atoms with Crippen LogP contribution in [0.25, 0.3) is 11.3 Å². The first-order valence-corrected chi connectivity index (χ1v) is 8.18. The lowest BCUT2D eigenvalue weighted by Gasteiger charge is -2.06. The van der Waals surface area contributed by atoms with E-state index >= 15 is 0 Å². The number of hydrogen-bond acceptors (Lipinski definition) is 3. The normalized spacial score (nSPS) is 10.7. The predicted octanol–water partition coefficient (Wildman–Crippen LogP) is 4.87. The van der Waals surface area contributed by atoms with Crippen molar-refractivity contribution in [2.24, 2.45) is 0 Å². The third-order valence-corrected chi connectivity index (χ3v) is 4.43. The molecule has 1 N–H and O–H groups in total. The van der Waals surface area contributed by atoms with E-state index in [0.29, 0.717) is 11.4 Å². The number of nitrogens with zero attached hydrogens (tertiary/aromatic N) is 1. The summed E-state index contributed by atoms with van der Waals surface area (Å²) < 4.78 is 32.7. The van der Waals surface area contributed by atoms with Gasteiger partial charge in [0, 0.05) is 22.3 Å². The van der Waals surface area contributed by atoms with Crippen LogP contribution in [0.3, 0.4) is 0 Å². The first-order valence-electron chi connectivity index (χ1n) is 7.39. The summed E-state index contributed by atoms with van der Waals surface area (Å²) in [7, 11) is 0. The molecule has 1 amide bonds. The second kappa shape index (κ2) is 7.14. The maximum absolute atomic E-state index is 13.8. The minimum absolute atomic E-state index is 0.0264. The zero-order chi connectivity index (χ0) is 18.0. The molecule has 0 spiro atoms. The van der Waals surface area contributed by atoms with Crippen LogP contribution in [0, 0.1) is 18.6 Å². The Morgan fingerprint density at radius 1 is 1.20 bits per heavy atom. The number of hydrogen-bond donors (Lipinski definition) is 1. The van der Waals surface area contributed by atoms with E-state index in [0.717, 1.165) is 22.2 Å². The maximum Gasteiger partial charge on any atom is 0.230 e. The van der Waals surface area contributed by atoms with E-state index in [-0.39, 0.29) is 23.7 Å². The number of nitrogens with one attached hydrogen (secondary N) is 1. The zero-order valence-corrected chi connectivity index (χ0v) is 14.7. The summed E-state index contributed by atoms with van der Waals surface area (Å²) in [5.41, 5.74) is 2.10. The average molecular weight is 407 g/mol. The van der Waals surface area contributed by atoms with Crippen LogP contribution in [-0.2, 0) is 11.2 Å². The highest BCUT2D eigenvalue weighted by atomic mass is 79.9. The molecule has 0 radical (unpaired) electrons. The third kappa shape index (κ3) is 4.11. The first-order chi connectivity index (χ1) is 11.9. The molecule has 0 atom stereocenters. The van der Waals surface area contributed by atoms with E-state index in [1.807, 2.05) is 19.1 Å². The summed E-state index contributed by atoms with van der Waals surface area (Å²) in [6.07, 6.45) is -0.0264. The monoisotopic (exact) mass is 406 g/mol. The van der Waals surface area contributed by atoms with Crippen LogP contribution >= 0.6 is 15.9 Å². The standard InChI is InChI=1S/C18H13BrF2N2O2/c1-10-6-12(3-5-15(10)19)22-18(24)9-13-8-17(25-23-13)14-4-2-11(20)7-16(14)21/h2-8H,9H2,1H3,(H,22,24). The minimum atomic E-state index is -0.752. The van der Waals surface area contributed by atoms with Crippen molar-refractivity contribution in [1.82, 2.24) is 5.16 Å². The fourth-order valence-corrected chi connectivity index (χ4v) is 2.55. The highest BCUT2D eigenvalue weighted by Crippen LogP contribution is 2.25. The van der Waals surface area contributed by atoms with Gasteiger partial charge in [0.15, 0.2) is 5.76 Å². The van der Waals surface area contributed by atoms with Gasteiger partial charge >= 0.3 is 0 Å². The summed E-state index contributed by atoms with van der Waals surface area (Å²) in [6, 6.07) is 10.1. The van der Waals surface area contributed by atoms with Crippen LogP contribution in [0.4, 0.5) is 14.5 Å². The highest BCUT2D eigenvalue weighted by Gasteiger charge is 2.14. The molecule has 0 fully saturated rings. The Kier molecular flexibility index (Phi) is 4.94. The lowest BCUT2D eigenvalue weighted by atomic mass is 10.1. The van der Waals surface area contributed by atoms with Crippen molar-refractivity contribution in [2.75, 3.05) is 5.32 Å². The molecule has 1 aromatic heterocycles. The molecule has 0 unspecified atom stereocenters. The molecule has 128 valence electrons. The fraction of sp³-hybridized carbons (Fsp3) is 0.111. The smallest absolute Gasteiger partial charge is 0.230 e. The second-order valence-corrected chi connectivity index (χ2v) is 6.35. The minimum Gasteiger partial charge on any atom is -0.356 e. The SMILES string of the molecule is Cc1cc(NC(=O)Cc2cc(-c3ccc(F)cc3F)on2)ccc1Br. The van der Waals surface area contributed by atoms with Gasteiger partial charge in [-0.25, -0.2) is 8.78 Å². The van der Waals surface area contributed by atoms with Crippen molar-refractivity contribution in [3.63, 3.8) is 0 Å². The Morgan fingerprint density at radius 3 is 2.72 bits per heavy atom. The molecule has 0 aliphatic heterocycles. The van der Waals surface area contributed by atoms with Gasteiger partial charge in [0.05, 0.1) is 17.7 Å². The van der Waals surface area contributed by atoms with E-state index in [2.05, 4.69) is 26.4 Å². The van der Waals surface area contributed by atoms with Gasteiger partial charge in [-0.3, -0.25) is 4.79 Å². The van der Waals surface area contributed by atoms with Gasteiger partial charge in [-0.2, -0.15) is 0 Å². The van der Waals surface area contributed by atoms with Crippen molar-refractivity contribution in [3.05, 3.63) is 69.8 Å². The number of amides is 1. The van der Waals surface area contributed by atoms with Crippen LogP contribution < -0.4 is 5.32 Å². The molecule has 0 bridgehead atoms. The number of carbonyl (C=O) groups is 1. The molecule has 0 saturated heterocycles. The molecule has 7 heteroatoms. The molecular weight excluding hydrogens is 394 g/mol. The van der Waals surface area contributed by atoms with Crippen molar-refractivity contribution in [3.8, 4) is 11.3 Å². The van der Waals surface area contributed by atoms with Gasteiger partial charge < -0.3 is 9.84 Å². The lowest BCUT2D eigenvalue weighted by Crippen LogP contribution is -2.14. The molecule has 25 heavy (non-hydrogen) atoms. The largest absolute Gasteiger partial charge is 0.356 e. The van der Waals surface area contributed by atoms with E-state index in [9.17, 15) is 13.6 Å². The number of halogens is 3. The van der Waals surface area contributed by atoms with Crippen molar-refractivity contribution in [2.45, 2.75) is 13.3 Å². The van der Waals surface area contributed by atoms with Crippen LogP contribution in [0.15, 0.2) is 51.5 Å². The Labute approximate surface area is 151 Å². The average Bonchev–Trinajstić information content (AvgIpc) is 2.99. The lowest BCUT2D eigenvalue weighted by molar-refractivity contribution is -0.115. The zero-order valence-electron chi connectivity index (χ0n) is 13.1. The summed E-state index contributed by atoms with van der Waals surface area (Å²) in [6.45, 7) is 1.92. The van der Waals surface area contributed by atoms with Crippen molar-refractivity contribution in [1.29, 1.82) is 0 Å². The summed E-state index contributed by atoms with van der Waals surface area (Å²) in [5.74, 6) is -1.57. The quantitative estimate of drug-likeness (QED) is 0.672. The van der Waals surface area contributed by atoms with Gasteiger partial charge in [0.25, 0.3) is 0 Å². The molecule has 0 aliphatic carbocycles. The molecule has 3 rings (SSSR count). The summed E-state index contributed by atoms with van der Waals surface area (Å²) in [4.78, 5) is 12.1. The Morgan fingerprint density at radius 2 is 2.00 bits per heavy atom.